The molecule has 0 aromatic heterocycles. The number of nitrogens with zero attached hydrogens (tertiary/aromatic N) is 2. The lowest BCUT2D eigenvalue weighted by Gasteiger charge is -2.33. The highest BCUT2D eigenvalue weighted by atomic mass is 16.2. The van der Waals surface area contributed by atoms with Crippen molar-refractivity contribution in [3.05, 3.63) is 35.4 Å². The van der Waals surface area contributed by atoms with Gasteiger partial charge in [-0.3, -0.25) is 4.79 Å². The van der Waals surface area contributed by atoms with Crippen LogP contribution in [-0.2, 0) is 17.8 Å². The second-order valence-corrected chi connectivity index (χ2v) is 7.00. The van der Waals surface area contributed by atoms with Crippen molar-refractivity contribution >= 4 is 11.9 Å². The maximum absolute atomic E-state index is 12.4. The van der Waals surface area contributed by atoms with Gasteiger partial charge in [-0.2, -0.15) is 0 Å². The van der Waals surface area contributed by atoms with Crippen LogP contribution in [0.1, 0.15) is 24.0 Å². The largest absolute Gasteiger partial charge is 0.341 e. The molecule has 2 N–H and O–H groups in total. The Bertz CT molecular complexity index is 617. The summed E-state index contributed by atoms with van der Waals surface area (Å²) in [6.45, 7) is 3.92. The number of carbonyl (C=O) groups excluding carboxylic acids is 2. The molecule has 0 bridgehead atoms. The average molecular weight is 344 g/mol. The van der Waals surface area contributed by atoms with Crippen molar-refractivity contribution in [1.29, 1.82) is 0 Å². The molecule has 3 rings (SSSR count). The van der Waals surface area contributed by atoms with Crippen molar-refractivity contribution in [1.82, 2.24) is 20.4 Å². The first kappa shape index (κ1) is 17.7. The number of piperidine rings is 1. The minimum Gasteiger partial charge on any atom is -0.341 e. The first-order chi connectivity index (χ1) is 12.2. The summed E-state index contributed by atoms with van der Waals surface area (Å²) < 4.78 is 0. The van der Waals surface area contributed by atoms with Gasteiger partial charge >= 0.3 is 6.03 Å². The Balaban J connectivity index is 1.47. The molecule has 1 saturated heterocycles. The maximum atomic E-state index is 12.4. The lowest BCUT2D eigenvalue weighted by molar-refractivity contribution is -0.131. The van der Waals surface area contributed by atoms with Crippen molar-refractivity contribution in [2.45, 2.75) is 25.8 Å². The first-order valence-corrected chi connectivity index (χ1v) is 9.19. The minimum atomic E-state index is -0.147. The number of likely N-dealkylation sites (tertiary alicyclic amines) is 1. The van der Waals surface area contributed by atoms with Crippen molar-refractivity contribution in [3.63, 3.8) is 0 Å². The van der Waals surface area contributed by atoms with Crippen molar-refractivity contribution < 1.29 is 9.59 Å². The normalized spacial score (nSPS) is 20.1. The Hall–Kier alpha value is -2.08. The van der Waals surface area contributed by atoms with Gasteiger partial charge in [-0.05, 0) is 49.9 Å². The summed E-state index contributed by atoms with van der Waals surface area (Å²) in [6.07, 6.45) is 3.06. The fraction of sp³-hybridized carbons (Fsp3) is 0.579. The molecule has 6 heteroatoms. The summed E-state index contributed by atoms with van der Waals surface area (Å²) in [4.78, 5) is 28.5. The third-order valence-corrected chi connectivity index (χ3v) is 5.17. The van der Waals surface area contributed by atoms with E-state index < -0.39 is 0 Å². The van der Waals surface area contributed by atoms with Gasteiger partial charge in [0.2, 0.25) is 5.91 Å². The van der Waals surface area contributed by atoms with Crippen LogP contribution in [0.2, 0.25) is 0 Å². The van der Waals surface area contributed by atoms with E-state index in [1.165, 1.54) is 11.1 Å². The van der Waals surface area contributed by atoms with Crippen LogP contribution < -0.4 is 10.6 Å². The Labute approximate surface area is 149 Å². The van der Waals surface area contributed by atoms with Crippen LogP contribution in [0, 0.1) is 5.92 Å². The van der Waals surface area contributed by atoms with E-state index in [9.17, 15) is 9.59 Å². The second-order valence-electron chi connectivity index (χ2n) is 7.00. The molecule has 2 aliphatic rings. The Morgan fingerprint density at radius 3 is 2.76 bits per heavy atom. The molecule has 3 amide bonds. The van der Waals surface area contributed by atoms with E-state index in [4.69, 9.17) is 0 Å². The molecule has 1 aromatic rings. The number of fused-ring (bicyclic) bond motifs is 1. The summed E-state index contributed by atoms with van der Waals surface area (Å²) in [6, 6.07) is 8.07. The minimum absolute atomic E-state index is 0.0200. The summed E-state index contributed by atoms with van der Waals surface area (Å²) in [5, 5.41) is 5.99. The standard InChI is InChI=1S/C19H28N4O2/c1-20-11-15-5-4-9-22(13-15)18(24)12-21-19(25)23-10-8-16-6-2-3-7-17(16)14-23/h2-3,6-7,15,20H,4-5,8-14H2,1H3,(H,21,25). The molecule has 0 saturated carbocycles. The van der Waals surface area contributed by atoms with Crippen LogP contribution in [0.25, 0.3) is 0 Å². The van der Waals surface area contributed by atoms with E-state index in [0.29, 0.717) is 19.0 Å². The number of carbonyl (C=O) groups is 2. The van der Waals surface area contributed by atoms with Gasteiger partial charge in [0.05, 0.1) is 6.54 Å². The van der Waals surface area contributed by atoms with Gasteiger partial charge in [0.25, 0.3) is 0 Å². The van der Waals surface area contributed by atoms with Crippen molar-refractivity contribution in [2.75, 3.05) is 39.8 Å². The van der Waals surface area contributed by atoms with E-state index in [1.54, 1.807) is 4.90 Å². The third kappa shape index (κ3) is 4.51. The number of nitrogens with one attached hydrogen (secondary N) is 2. The van der Waals surface area contributed by atoms with Gasteiger partial charge in [-0.1, -0.05) is 24.3 Å². The highest BCUT2D eigenvalue weighted by molar-refractivity contribution is 5.84. The van der Waals surface area contributed by atoms with Gasteiger partial charge in [-0.15, -0.1) is 0 Å². The quantitative estimate of drug-likeness (QED) is 0.863. The van der Waals surface area contributed by atoms with Gasteiger partial charge in [0.1, 0.15) is 0 Å². The van der Waals surface area contributed by atoms with Gasteiger partial charge in [0.15, 0.2) is 0 Å². The van der Waals surface area contributed by atoms with Crippen LogP contribution in [0.3, 0.4) is 0 Å². The molecule has 2 heterocycles. The molecule has 0 aliphatic carbocycles. The monoisotopic (exact) mass is 344 g/mol. The highest BCUT2D eigenvalue weighted by Gasteiger charge is 2.25. The predicted octanol–water partition coefficient (Wildman–Crippen LogP) is 1.21. The van der Waals surface area contributed by atoms with Crippen molar-refractivity contribution in [3.8, 4) is 0 Å². The SMILES string of the molecule is CNCC1CCCN(C(=O)CNC(=O)N2CCc3ccccc3C2)C1. The average Bonchev–Trinajstić information content (AvgIpc) is 2.66. The summed E-state index contributed by atoms with van der Waals surface area (Å²) >= 11 is 0. The Morgan fingerprint density at radius 2 is 1.96 bits per heavy atom. The molecule has 1 unspecified atom stereocenters. The van der Waals surface area contributed by atoms with E-state index in [2.05, 4.69) is 22.8 Å². The topological polar surface area (TPSA) is 64.7 Å². The van der Waals surface area contributed by atoms with Crippen LogP contribution in [0.4, 0.5) is 4.79 Å². The Morgan fingerprint density at radius 1 is 1.16 bits per heavy atom. The molecule has 1 fully saturated rings. The van der Waals surface area contributed by atoms with Gasteiger partial charge in [0, 0.05) is 26.2 Å². The molecule has 0 spiro atoms. The lowest BCUT2D eigenvalue weighted by Crippen LogP contribution is -2.49. The Kier molecular flexibility index (Phi) is 5.91. The van der Waals surface area contributed by atoms with Crippen LogP contribution in [0.15, 0.2) is 24.3 Å². The fourth-order valence-electron chi connectivity index (χ4n) is 3.79. The smallest absolute Gasteiger partial charge is 0.318 e. The van der Waals surface area contributed by atoms with Crippen LogP contribution in [0.5, 0.6) is 0 Å². The van der Waals surface area contributed by atoms with E-state index in [1.807, 2.05) is 24.1 Å². The molecule has 136 valence electrons. The van der Waals surface area contributed by atoms with E-state index in [-0.39, 0.29) is 18.5 Å². The third-order valence-electron chi connectivity index (χ3n) is 5.17. The van der Waals surface area contributed by atoms with Gasteiger partial charge in [-0.25, -0.2) is 4.79 Å². The first-order valence-electron chi connectivity index (χ1n) is 9.19. The van der Waals surface area contributed by atoms with E-state index >= 15 is 0 Å². The number of rotatable bonds is 4. The number of urea groups is 1. The zero-order valence-corrected chi connectivity index (χ0v) is 15.0. The predicted molar refractivity (Wildman–Crippen MR) is 97.2 cm³/mol. The number of benzene rings is 1. The maximum Gasteiger partial charge on any atom is 0.318 e. The zero-order chi connectivity index (χ0) is 17.6. The summed E-state index contributed by atoms with van der Waals surface area (Å²) in [5.74, 6) is 0.531. The number of hydrogen-bond acceptors (Lipinski definition) is 3. The molecule has 1 aromatic carbocycles. The second kappa shape index (κ2) is 8.34. The molecule has 6 nitrogen and oxygen atoms in total. The molecule has 0 radical (unpaired) electrons. The van der Waals surface area contributed by atoms with Gasteiger partial charge < -0.3 is 20.4 Å². The summed E-state index contributed by atoms with van der Waals surface area (Å²) in [7, 11) is 1.94. The molecule has 2 aliphatic heterocycles. The summed E-state index contributed by atoms with van der Waals surface area (Å²) in [5.41, 5.74) is 2.51. The zero-order valence-electron chi connectivity index (χ0n) is 15.0. The fourth-order valence-corrected chi connectivity index (χ4v) is 3.79. The van der Waals surface area contributed by atoms with Crippen LogP contribution in [-0.4, -0.2) is 61.5 Å². The lowest BCUT2D eigenvalue weighted by atomic mass is 9.98. The highest BCUT2D eigenvalue weighted by Crippen LogP contribution is 2.18. The van der Waals surface area contributed by atoms with Crippen LogP contribution >= 0.6 is 0 Å². The van der Waals surface area contributed by atoms with Crippen molar-refractivity contribution in [2.24, 2.45) is 5.92 Å². The molecule has 1 atom stereocenters. The molecular formula is C19H28N4O2. The molecular weight excluding hydrogens is 316 g/mol. The molecule has 25 heavy (non-hydrogen) atoms. The number of hydrogen-bond donors (Lipinski definition) is 2. The number of amides is 3. The van der Waals surface area contributed by atoms with E-state index in [0.717, 1.165) is 38.9 Å².